The molecule has 0 radical (unpaired) electrons. The average molecular weight is 201 g/mol. The Morgan fingerprint density at radius 1 is 1.29 bits per heavy atom. The van der Waals surface area contributed by atoms with E-state index in [2.05, 4.69) is 12.2 Å². The standard InChI is InChI=1S/C11H23NO2/c1-4-6-7-8-9-12-11(13)14-10(3)5-2/h10H,4-9H2,1-3H3,(H,12,13). The molecule has 1 atom stereocenters. The van der Waals surface area contributed by atoms with Crippen LogP contribution in [0.2, 0.25) is 0 Å². The first-order chi connectivity index (χ1) is 6.70. The van der Waals surface area contributed by atoms with Gasteiger partial charge in [0.15, 0.2) is 0 Å². The minimum absolute atomic E-state index is 0.0191. The molecule has 0 fully saturated rings. The molecule has 0 aliphatic heterocycles. The lowest BCUT2D eigenvalue weighted by atomic mass is 10.2. The average Bonchev–Trinajstić information content (AvgIpc) is 2.17. The smallest absolute Gasteiger partial charge is 0.407 e. The van der Waals surface area contributed by atoms with Gasteiger partial charge in [0, 0.05) is 6.54 Å². The van der Waals surface area contributed by atoms with Crippen LogP contribution in [-0.4, -0.2) is 18.7 Å². The Kier molecular flexibility index (Phi) is 8.39. The highest BCUT2D eigenvalue weighted by Gasteiger charge is 2.05. The van der Waals surface area contributed by atoms with Crippen LogP contribution in [0.3, 0.4) is 0 Å². The maximum Gasteiger partial charge on any atom is 0.407 e. The van der Waals surface area contributed by atoms with Crippen molar-refractivity contribution in [3.63, 3.8) is 0 Å². The summed E-state index contributed by atoms with van der Waals surface area (Å²) in [6.07, 6.45) is 5.29. The minimum Gasteiger partial charge on any atom is -0.447 e. The molecule has 14 heavy (non-hydrogen) atoms. The zero-order chi connectivity index (χ0) is 10.8. The van der Waals surface area contributed by atoms with Gasteiger partial charge in [0.2, 0.25) is 0 Å². The summed E-state index contributed by atoms with van der Waals surface area (Å²) in [5.41, 5.74) is 0. The lowest BCUT2D eigenvalue weighted by molar-refractivity contribution is 0.105. The van der Waals surface area contributed by atoms with Crippen molar-refractivity contribution in [1.82, 2.24) is 5.32 Å². The molecule has 1 amide bonds. The fourth-order valence-corrected chi connectivity index (χ4v) is 1.05. The third kappa shape index (κ3) is 7.90. The van der Waals surface area contributed by atoms with E-state index in [4.69, 9.17) is 4.74 Å². The highest BCUT2D eigenvalue weighted by molar-refractivity contribution is 5.67. The Morgan fingerprint density at radius 3 is 2.57 bits per heavy atom. The number of unbranched alkanes of at least 4 members (excludes halogenated alkanes) is 3. The van der Waals surface area contributed by atoms with E-state index in [1.165, 1.54) is 19.3 Å². The summed E-state index contributed by atoms with van der Waals surface area (Å²) in [7, 11) is 0. The molecule has 3 nitrogen and oxygen atoms in total. The number of nitrogens with one attached hydrogen (secondary N) is 1. The number of hydrogen-bond donors (Lipinski definition) is 1. The quantitative estimate of drug-likeness (QED) is 0.643. The maximum absolute atomic E-state index is 11.1. The summed E-state index contributed by atoms with van der Waals surface area (Å²) in [5, 5.41) is 2.75. The second-order valence-corrected chi connectivity index (χ2v) is 3.61. The monoisotopic (exact) mass is 201 g/mol. The highest BCUT2D eigenvalue weighted by atomic mass is 16.6. The summed E-state index contributed by atoms with van der Waals surface area (Å²) in [6.45, 7) is 6.80. The van der Waals surface area contributed by atoms with Gasteiger partial charge in [-0.25, -0.2) is 4.79 Å². The zero-order valence-electron chi connectivity index (χ0n) is 9.64. The number of ether oxygens (including phenoxy) is 1. The number of alkyl carbamates (subject to hydrolysis) is 1. The Labute approximate surface area is 87.2 Å². The number of hydrogen-bond acceptors (Lipinski definition) is 2. The Hall–Kier alpha value is -0.730. The van der Waals surface area contributed by atoms with E-state index < -0.39 is 0 Å². The van der Waals surface area contributed by atoms with Gasteiger partial charge in [-0.1, -0.05) is 33.1 Å². The Morgan fingerprint density at radius 2 is 2.00 bits per heavy atom. The first kappa shape index (κ1) is 13.3. The predicted molar refractivity (Wildman–Crippen MR) is 58.4 cm³/mol. The van der Waals surface area contributed by atoms with Gasteiger partial charge in [0.1, 0.15) is 6.10 Å². The van der Waals surface area contributed by atoms with Crippen LogP contribution in [0.25, 0.3) is 0 Å². The van der Waals surface area contributed by atoms with Crippen molar-refractivity contribution in [3.8, 4) is 0 Å². The van der Waals surface area contributed by atoms with E-state index in [-0.39, 0.29) is 12.2 Å². The van der Waals surface area contributed by atoms with E-state index in [0.717, 1.165) is 19.4 Å². The van der Waals surface area contributed by atoms with Crippen LogP contribution in [0.5, 0.6) is 0 Å². The molecule has 84 valence electrons. The highest BCUT2D eigenvalue weighted by Crippen LogP contribution is 1.98. The summed E-state index contributed by atoms with van der Waals surface area (Å²) in [6, 6.07) is 0. The van der Waals surface area contributed by atoms with Crippen LogP contribution in [0, 0.1) is 0 Å². The summed E-state index contributed by atoms with van der Waals surface area (Å²) in [5.74, 6) is 0. The van der Waals surface area contributed by atoms with Crippen molar-refractivity contribution < 1.29 is 9.53 Å². The minimum atomic E-state index is -0.282. The van der Waals surface area contributed by atoms with Gasteiger partial charge in [0.25, 0.3) is 0 Å². The first-order valence-corrected chi connectivity index (χ1v) is 5.65. The zero-order valence-corrected chi connectivity index (χ0v) is 9.64. The molecule has 0 aromatic heterocycles. The summed E-state index contributed by atoms with van der Waals surface area (Å²) >= 11 is 0. The van der Waals surface area contributed by atoms with Gasteiger partial charge in [-0.2, -0.15) is 0 Å². The molecule has 0 saturated carbocycles. The fourth-order valence-electron chi connectivity index (χ4n) is 1.05. The first-order valence-electron chi connectivity index (χ1n) is 5.65. The fraction of sp³-hybridized carbons (Fsp3) is 0.909. The second-order valence-electron chi connectivity index (χ2n) is 3.61. The van der Waals surface area contributed by atoms with Crippen LogP contribution in [0.1, 0.15) is 52.9 Å². The summed E-state index contributed by atoms with van der Waals surface area (Å²) in [4.78, 5) is 11.1. The number of amides is 1. The molecule has 1 N–H and O–H groups in total. The van der Waals surface area contributed by atoms with Crippen molar-refractivity contribution in [3.05, 3.63) is 0 Å². The van der Waals surface area contributed by atoms with Gasteiger partial charge in [-0.3, -0.25) is 0 Å². The van der Waals surface area contributed by atoms with Crippen molar-refractivity contribution >= 4 is 6.09 Å². The molecule has 0 aliphatic rings. The van der Waals surface area contributed by atoms with E-state index in [0.29, 0.717) is 0 Å². The molecule has 1 unspecified atom stereocenters. The topological polar surface area (TPSA) is 38.3 Å². The molecule has 0 aliphatic carbocycles. The maximum atomic E-state index is 11.1. The molecular formula is C11H23NO2. The number of carbonyl (C=O) groups is 1. The molecule has 3 heteroatoms. The SMILES string of the molecule is CCCCCCNC(=O)OC(C)CC. The van der Waals surface area contributed by atoms with Crippen LogP contribution < -0.4 is 5.32 Å². The van der Waals surface area contributed by atoms with Crippen molar-refractivity contribution in [2.24, 2.45) is 0 Å². The Balaban J connectivity index is 3.27. The molecule has 0 aromatic rings. The van der Waals surface area contributed by atoms with Crippen molar-refractivity contribution in [2.45, 2.75) is 59.0 Å². The van der Waals surface area contributed by atoms with Gasteiger partial charge >= 0.3 is 6.09 Å². The third-order valence-corrected chi connectivity index (χ3v) is 2.18. The lowest BCUT2D eigenvalue weighted by Crippen LogP contribution is -2.28. The third-order valence-electron chi connectivity index (χ3n) is 2.18. The largest absolute Gasteiger partial charge is 0.447 e. The van der Waals surface area contributed by atoms with Crippen LogP contribution in [-0.2, 0) is 4.74 Å². The van der Waals surface area contributed by atoms with Crippen molar-refractivity contribution in [2.75, 3.05) is 6.54 Å². The van der Waals surface area contributed by atoms with E-state index in [1.807, 2.05) is 13.8 Å². The molecule has 0 heterocycles. The summed E-state index contributed by atoms with van der Waals surface area (Å²) < 4.78 is 5.06. The van der Waals surface area contributed by atoms with Crippen LogP contribution in [0.15, 0.2) is 0 Å². The van der Waals surface area contributed by atoms with E-state index >= 15 is 0 Å². The molecule has 0 bridgehead atoms. The van der Waals surface area contributed by atoms with Crippen molar-refractivity contribution in [1.29, 1.82) is 0 Å². The van der Waals surface area contributed by atoms with Crippen LogP contribution in [0.4, 0.5) is 4.79 Å². The molecule has 0 rings (SSSR count). The predicted octanol–water partition coefficient (Wildman–Crippen LogP) is 3.09. The van der Waals surface area contributed by atoms with Gasteiger partial charge in [-0.05, 0) is 19.8 Å². The normalized spacial score (nSPS) is 12.2. The van der Waals surface area contributed by atoms with E-state index in [9.17, 15) is 4.79 Å². The van der Waals surface area contributed by atoms with Gasteiger partial charge < -0.3 is 10.1 Å². The van der Waals surface area contributed by atoms with Gasteiger partial charge in [0.05, 0.1) is 0 Å². The number of carbonyl (C=O) groups excluding carboxylic acids is 1. The Bertz CT molecular complexity index is 148. The van der Waals surface area contributed by atoms with E-state index in [1.54, 1.807) is 0 Å². The second kappa shape index (κ2) is 8.85. The molecular weight excluding hydrogens is 178 g/mol. The number of rotatable bonds is 7. The molecule has 0 aromatic carbocycles. The molecule has 0 saturated heterocycles. The lowest BCUT2D eigenvalue weighted by Gasteiger charge is -2.11. The van der Waals surface area contributed by atoms with Crippen LogP contribution >= 0.6 is 0 Å². The molecule has 0 spiro atoms. The van der Waals surface area contributed by atoms with Gasteiger partial charge in [-0.15, -0.1) is 0 Å².